The van der Waals surface area contributed by atoms with E-state index in [2.05, 4.69) is 4.98 Å². The van der Waals surface area contributed by atoms with E-state index in [0.717, 1.165) is 12.8 Å². The van der Waals surface area contributed by atoms with Gasteiger partial charge in [-0.25, -0.2) is 0 Å². The molecule has 0 bridgehead atoms. The number of aryl methyl sites for hydroxylation is 1. The molecule has 72 valence electrons. The van der Waals surface area contributed by atoms with Gasteiger partial charge in [-0.1, -0.05) is 13.8 Å². The first kappa shape index (κ1) is 10.2. The van der Waals surface area contributed by atoms with Crippen molar-refractivity contribution in [3.05, 3.63) is 30.1 Å². The van der Waals surface area contributed by atoms with Crippen LogP contribution < -0.4 is 0 Å². The lowest BCUT2D eigenvalue weighted by atomic mass is 10.00. The predicted octanol–water partition coefficient (Wildman–Crippen LogP) is 2.03. The molecule has 0 aromatic carbocycles. The molecule has 1 heterocycles. The van der Waals surface area contributed by atoms with Crippen molar-refractivity contribution in [1.82, 2.24) is 4.98 Å². The van der Waals surface area contributed by atoms with Crippen LogP contribution >= 0.6 is 0 Å². The Hall–Kier alpha value is -0.890. The summed E-state index contributed by atoms with van der Waals surface area (Å²) in [5, 5.41) is 9.57. The smallest absolute Gasteiger partial charge is 0.0566 e. The molecule has 13 heavy (non-hydrogen) atoms. The zero-order chi connectivity index (χ0) is 9.68. The molecule has 0 aliphatic rings. The van der Waals surface area contributed by atoms with Crippen LogP contribution in [0.4, 0.5) is 0 Å². The zero-order valence-electron chi connectivity index (χ0n) is 8.27. The molecule has 0 radical (unpaired) electrons. The van der Waals surface area contributed by atoms with E-state index in [0.29, 0.717) is 5.92 Å². The molecule has 1 N–H and O–H groups in total. The lowest BCUT2D eigenvalue weighted by Crippen LogP contribution is -2.15. The number of pyridine rings is 1. The Labute approximate surface area is 79.6 Å². The lowest BCUT2D eigenvalue weighted by Gasteiger charge is -2.13. The molecule has 0 aliphatic carbocycles. The van der Waals surface area contributed by atoms with Gasteiger partial charge in [0.15, 0.2) is 0 Å². The topological polar surface area (TPSA) is 33.1 Å². The Morgan fingerprint density at radius 2 is 1.92 bits per heavy atom. The molecule has 2 heteroatoms. The van der Waals surface area contributed by atoms with Crippen molar-refractivity contribution < 1.29 is 5.11 Å². The number of hydrogen-bond acceptors (Lipinski definition) is 2. The molecule has 1 aromatic heterocycles. The fourth-order valence-corrected chi connectivity index (χ4v) is 1.20. The van der Waals surface area contributed by atoms with Gasteiger partial charge in [0.2, 0.25) is 0 Å². The van der Waals surface area contributed by atoms with Crippen LogP contribution in [0.3, 0.4) is 0 Å². The summed E-state index contributed by atoms with van der Waals surface area (Å²) in [6, 6.07) is 3.99. The zero-order valence-corrected chi connectivity index (χ0v) is 8.27. The van der Waals surface area contributed by atoms with Gasteiger partial charge in [0.1, 0.15) is 0 Å². The van der Waals surface area contributed by atoms with E-state index < -0.39 is 0 Å². The van der Waals surface area contributed by atoms with Gasteiger partial charge in [0.05, 0.1) is 6.10 Å². The second kappa shape index (κ2) is 4.97. The molecule has 1 atom stereocenters. The van der Waals surface area contributed by atoms with Crippen LogP contribution in [0.5, 0.6) is 0 Å². The van der Waals surface area contributed by atoms with Gasteiger partial charge < -0.3 is 5.11 Å². The van der Waals surface area contributed by atoms with Crippen LogP contribution in [0.25, 0.3) is 0 Å². The third-order valence-corrected chi connectivity index (χ3v) is 2.25. The van der Waals surface area contributed by atoms with Crippen LogP contribution in [0.15, 0.2) is 24.5 Å². The minimum Gasteiger partial charge on any atom is -0.393 e. The van der Waals surface area contributed by atoms with Gasteiger partial charge in [-0.15, -0.1) is 0 Å². The summed E-state index contributed by atoms with van der Waals surface area (Å²) >= 11 is 0. The highest BCUT2D eigenvalue weighted by Crippen LogP contribution is 2.09. The van der Waals surface area contributed by atoms with Gasteiger partial charge in [-0.2, -0.15) is 0 Å². The number of hydrogen-bond donors (Lipinski definition) is 1. The van der Waals surface area contributed by atoms with E-state index in [1.807, 2.05) is 26.0 Å². The van der Waals surface area contributed by atoms with E-state index in [1.54, 1.807) is 12.4 Å². The molecule has 0 amide bonds. The van der Waals surface area contributed by atoms with Crippen LogP contribution in [0.1, 0.15) is 25.8 Å². The van der Waals surface area contributed by atoms with E-state index >= 15 is 0 Å². The third kappa shape index (κ3) is 3.55. The first-order chi connectivity index (χ1) is 6.20. The first-order valence-electron chi connectivity index (χ1n) is 4.77. The van der Waals surface area contributed by atoms with Gasteiger partial charge in [-0.3, -0.25) is 4.98 Å². The molecule has 0 spiro atoms. The maximum Gasteiger partial charge on any atom is 0.0566 e. The normalized spacial score (nSPS) is 13.2. The monoisotopic (exact) mass is 179 g/mol. The van der Waals surface area contributed by atoms with Crippen molar-refractivity contribution in [3.63, 3.8) is 0 Å². The Kier molecular flexibility index (Phi) is 3.90. The van der Waals surface area contributed by atoms with E-state index in [9.17, 15) is 5.11 Å². The Balaban J connectivity index is 2.35. The van der Waals surface area contributed by atoms with Gasteiger partial charge >= 0.3 is 0 Å². The summed E-state index contributed by atoms with van der Waals surface area (Å²) < 4.78 is 0. The molecular weight excluding hydrogens is 162 g/mol. The van der Waals surface area contributed by atoms with Crippen molar-refractivity contribution in [2.24, 2.45) is 5.92 Å². The maximum absolute atomic E-state index is 9.57. The SMILES string of the molecule is CC(C)C(O)CCc1ccncc1. The minimum absolute atomic E-state index is 0.187. The van der Waals surface area contributed by atoms with Crippen LogP contribution in [-0.2, 0) is 6.42 Å². The van der Waals surface area contributed by atoms with Crippen molar-refractivity contribution in [3.8, 4) is 0 Å². The summed E-state index contributed by atoms with van der Waals surface area (Å²) in [6.07, 6.45) is 5.16. The van der Waals surface area contributed by atoms with E-state index in [1.165, 1.54) is 5.56 Å². The van der Waals surface area contributed by atoms with Crippen LogP contribution in [-0.4, -0.2) is 16.2 Å². The summed E-state index contributed by atoms with van der Waals surface area (Å²) in [5.74, 6) is 0.349. The highest BCUT2D eigenvalue weighted by Gasteiger charge is 2.08. The highest BCUT2D eigenvalue weighted by molar-refractivity contribution is 5.09. The third-order valence-electron chi connectivity index (χ3n) is 2.25. The molecule has 0 saturated carbocycles. The summed E-state index contributed by atoms with van der Waals surface area (Å²) in [5.41, 5.74) is 1.25. The minimum atomic E-state index is -0.187. The average Bonchev–Trinajstić information content (AvgIpc) is 2.15. The summed E-state index contributed by atoms with van der Waals surface area (Å²) in [6.45, 7) is 4.08. The second-order valence-corrected chi connectivity index (χ2v) is 3.71. The van der Waals surface area contributed by atoms with E-state index in [4.69, 9.17) is 0 Å². The Morgan fingerprint density at radius 3 is 2.46 bits per heavy atom. The molecular formula is C11H17NO. The van der Waals surface area contributed by atoms with Crippen LogP contribution in [0, 0.1) is 5.92 Å². The first-order valence-corrected chi connectivity index (χ1v) is 4.77. The lowest BCUT2D eigenvalue weighted by molar-refractivity contribution is 0.116. The molecule has 2 nitrogen and oxygen atoms in total. The summed E-state index contributed by atoms with van der Waals surface area (Å²) in [7, 11) is 0. The highest BCUT2D eigenvalue weighted by atomic mass is 16.3. The quantitative estimate of drug-likeness (QED) is 0.767. The van der Waals surface area contributed by atoms with Crippen molar-refractivity contribution >= 4 is 0 Å². The van der Waals surface area contributed by atoms with Crippen LogP contribution in [0.2, 0.25) is 0 Å². The maximum atomic E-state index is 9.57. The number of nitrogens with zero attached hydrogens (tertiary/aromatic N) is 1. The number of aliphatic hydroxyl groups is 1. The standard InChI is InChI=1S/C11H17NO/c1-9(2)11(13)4-3-10-5-7-12-8-6-10/h5-9,11,13H,3-4H2,1-2H3. The number of aliphatic hydroxyl groups excluding tert-OH is 1. The van der Waals surface area contributed by atoms with Crippen molar-refractivity contribution in [2.45, 2.75) is 32.8 Å². The Bertz CT molecular complexity index is 233. The van der Waals surface area contributed by atoms with Gasteiger partial charge in [0.25, 0.3) is 0 Å². The second-order valence-electron chi connectivity index (χ2n) is 3.71. The fourth-order valence-electron chi connectivity index (χ4n) is 1.20. The van der Waals surface area contributed by atoms with Gasteiger partial charge in [0, 0.05) is 12.4 Å². The molecule has 0 fully saturated rings. The summed E-state index contributed by atoms with van der Waals surface area (Å²) in [4.78, 5) is 3.95. The van der Waals surface area contributed by atoms with Crippen molar-refractivity contribution in [2.75, 3.05) is 0 Å². The largest absolute Gasteiger partial charge is 0.393 e. The molecule has 1 unspecified atom stereocenters. The number of rotatable bonds is 4. The average molecular weight is 179 g/mol. The molecule has 1 aromatic rings. The Morgan fingerprint density at radius 1 is 1.31 bits per heavy atom. The molecule has 1 rings (SSSR count). The van der Waals surface area contributed by atoms with E-state index in [-0.39, 0.29) is 6.10 Å². The van der Waals surface area contributed by atoms with Crippen molar-refractivity contribution in [1.29, 1.82) is 0 Å². The fraction of sp³-hybridized carbons (Fsp3) is 0.545. The molecule has 0 saturated heterocycles. The predicted molar refractivity (Wildman–Crippen MR) is 53.4 cm³/mol. The molecule has 0 aliphatic heterocycles. The van der Waals surface area contributed by atoms with Gasteiger partial charge in [-0.05, 0) is 36.5 Å². The number of aromatic nitrogens is 1.